The van der Waals surface area contributed by atoms with Crippen LogP contribution >= 0.6 is 11.6 Å². The molecule has 0 fully saturated rings. The summed E-state index contributed by atoms with van der Waals surface area (Å²) in [5.41, 5.74) is 32.2. The van der Waals surface area contributed by atoms with E-state index in [1.165, 1.54) is 105 Å². The summed E-state index contributed by atoms with van der Waals surface area (Å²) in [4.78, 5) is 2.32. The van der Waals surface area contributed by atoms with Gasteiger partial charge < -0.3 is 28.5 Å². The Kier molecular flexibility index (Phi) is 17.3. The molecule has 6 nitrogen and oxygen atoms in total. The lowest BCUT2D eigenvalue weighted by Crippen LogP contribution is -2.32. The van der Waals surface area contributed by atoms with Crippen LogP contribution in [0.2, 0.25) is 5.02 Å². The first-order chi connectivity index (χ1) is 61.9. The molecule has 2 aliphatic heterocycles. The van der Waals surface area contributed by atoms with Gasteiger partial charge in [-0.15, -0.1) is 0 Å². The van der Waals surface area contributed by atoms with Crippen molar-refractivity contribution in [3.63, 3.8) is 0 Å². The summed E-state index contributed by atoms with van der Waals surface area (Å²) in [6, 6.07) is 159. The Morgan fingerprint density at radius 2 is 0.584 bits per heavy atom. The fourth-order valence-electron chi connectivity index (χ4n) is 20.3. The number of para-hydroxylation sites is 4. The van der Waals surface area contributed by atoms with Crippen LogP contribution in [0.4, 0.5) is 28.4 Å². The predicted octanol–water partition coefficient (Wildman–Crippen LogP) is 32.6. The standard InChI is InChI=1S/C59H37NO2.C35H21ClO.C24H17NO/c1-2-13-38(14-3-1)39-25-30-42(31-26-39)60(44-34-35-48-47-17-7-10-23-54(47)61-56(48)37-44)43-32-27-41(28-33-43)45-19-12-22-52-57(45)49-18-6-8-20-50(49)59(52)51-21-9-11-24-55(51)62-58-46-16-5-4-15-40(46)29-36-53(58)59;36-24-19-16-23(17-20-24)25-11-7-14-30-33(25)27-10-3-4-12-28(27)35(30)29-13-5-6-15-32(29)37-34-26-9-2-1-8-22(26)18-21-31(34)35;1-2-6-17(7-3-1)18-10-12-19(13-11-18)25-20-14-15-22-21-8-4-5-9-23(21)26-24(22)16-20/h1-37H;1-21H;1-16,25H. The van der Waals surface area contributed by atoms with E-state index in [9.17, 15) is 0 Å². The summed E-state index contributed by atoms with van der Waals surface area (Å²) in [5.74, 6) is 3.67. The number of nitrogens with zero attached hydrogens (tertiary/aromatic N) is 1. The van der Waals surface area contributed by atoms with Crippen molar-refractivity contribution in [3.05, 3.63) is 498 Å². The second-order valence-corrected chi connectivity index (χ2v) is 33.0. The van der Waals surface area contributed by atoms with Crippen LogP contribution < -0.4 is 19.7 Å². The number of fused-ring (bicyclic) bond motifs is 28. The van der Waals surface area contributed by atoms with Crippen LogP contribution in [0.15, 0.2) is 458 Å². The van der Waals surface area contributed by atoms with Gasteiger partial charge in [-0.25, -0.2) is 0 Å². The average molecular weight is 1620 g/mol. The largest absolute Gasteiger partial charge is 0.456 e. The molecular formula is C118H75ClN2O4. The van der Waals surface area contributed by atoms with Gasteiger partial charge in [0.2, 0.25) is 0 Å². The maximum Gasteiger partial charge on any atom is 0.140 e. The van der Waals surface area contributed by atoms with Crippen LogP contribution in [0.25, 0.3) is 132 Å². The first-order valence-corrected chi connectivity index (χ1v) is 42.9. The van der Waals surface area contributed by atoms with Gasteiger partial charge in [0.25, 0.3) is 0 Å². The molecule has 4 aliphatic rings. The van der Waals surface area contributed by atoms with E-state index in [0.717, 1.165) is 128 Å². The van der Waals surface area contributed by atoms with Gasteiger partial charge in [0.05, 0.1) is 10.8 Å². The molecule has 0 bridgehead atoms. The average Bonchev–Trinajstić information content (AvgIpc) is 1.51. The number of benzene rings is 20. The van der Waals surface area contributed by atoms with E-state index in [2.05, 4.69) is 411 Å². The van der Waals surface area contributed by atoms with Crippen LogP contribution in [0.3, 0.4) is 0 Å². The first kappa shape index (κ1) is 73.0. The molecule has 0 amide bonds. The van der Waals surface area contributed by atoms with E-state index in [1.807, 2.05) is 48.5 Å². The fraction of sp³-hybridized carbons (Fsp3) is 0.0169. The lowest BCUT2D eigenvalue weighted by molar-refractivity contribution is 0.441. The molecule has 2 aromatic heterocycles. The van der Waals surface area contributed by atoms with E-state index in [-0.39, 0.29) is 0 Å². The zero-order chi connectivity index (χ0) is 82.7. The Labute approximate surface area is 728 Å². The van der Waals surface area contributed by atoms with Crippen molar-refractivity contribution >= 4 is 105 Å². The molecule has 0 saturated heterocycles. The van der Waals surface area contributed by atoms with Crippen molar-refractivity contribution in [2.45, 2.75) is 10.8 Å². The zero-order valence-electron chi connectivity index (χ0n) is 67.7. The molecule has 22 aromatic rings. The number of anilines is 5. The van der Waals surface area contributed by atoms with Crippen molar-refractivity contribution in [3.8, 4) is 89.8 Å². The van der Waals surface area contributed by atoms with E-state index in [4.69, 9.17) is 29.9 Å². The third-order valence-corrected chi connectivity index (χ3v) is 26.1. The quantitative estimate of drug-likeness (QED) is 0.155. The topological polar surface area (TPSA) is 60.0 Å². The second kappa shape index (κ2) is 29.7. The number of furan rings is 2. The van der Waals surface area contributed by atoms with Crippen LogP contribution in [0.1, 0.15) is 44.5 Å². The summed E-state index contributed by atoms with van der Waals surface area (Å²) in [7, 11) is 0. The predicted molar refractivity (Wildman–Crippen MR) is 515 cm³/mol. The minimum absolute atomic E-state index is 0.484. The Morgan fingerprint density at radius 1 is 0.224 bits per heavy atom. The van der Waals surface area contributed by atoms with E-state index in [0.29, 0.717) is 0 Å². The molecular weight excluding hydrogens is 1540 g/mol. The Bertz CT molecular complexity index is 8020. The number of ether oxygens (including phenoxy) is 2. The minimum Gasteiger partial charge on any atom is -0.456 e. The molecule has 2 aliphatic carbocycles. The Balaban J connectivity index is 0.000000117. The molecule has 588 valence electrons. The van der Waals surface area contributed by atoms with Gasteiger partial charge in [0.15, 0.2) is 0 Å². The van der Waals surface area contributed by atoms with Gasteiger partial charge in [0.1, 0.15) is 45.3 Å². The summed E-state index contributed by atoms with van der Waals surface area (Å²) in [6.07, 6.45) is 0. The first-order valence-electron chi connectivity index (χ1n) is 42.5. The van der Waals surface area contributed by atoms with Gasteiger partial charge in [0, 0.05) is 100 Å². The maximum absolute atomic E-state index is 6.89. The van der Waals surface area contributed by atoms with Gasteiger partial charge in [-0.05, 0) is 197 Å². The molecule has 0 saturated carbocycles. The molecule has 26 rings (SSSR count). The van der Waals surface area contributed by atoms with Gasteiger partial charge in [-0.2, -0.15) is 0 Å². The van der Waals surface area contributed by atoms with Crippen molar-refractivity contribution < 1.29 is 18.3 Å². The lowest BCUT2D eigenvalue weighted by Gasteiger charge is -2.39. The highest BCUT2D eigenvalue weighted by Crippen LogP contribution is 2.67. The highest BCUT2D eigenvalue weighted by atomic mass is 35.5. The van der Waals surface area contributed by atoms with Crippen molar-refractivity contribution in [1.82, 2.24) is 0 Å². The normalized spacial score (nSPS) is 14.5. The molecule has 2 unspecified atom stereocenters. The molecule has 2 atom stereocenters. The Hall–Kier alpha value is -16.0. The molecule has 2 spiro atoms. The Morgan fingerprint density at radius 3 is 1.10 bits per heavy atom. The van der Waals surface area contributed by atoms with Gasteiger partial charge >= 0.3 is 0 Å². The van der Waals surface area contributed by atoms with Crippen LogP contribution in [-0.4, -0.2) is 0 Å². The maximum atomic E-state index is 6.89. The number of hydrogen-bond donors (Lipinski definition) is 1. The van der Waals surface area contributed by atoms with Crippen LogP contribution in [0, 0.1) is 0 Å². The summed E-state index contributed by atoms with van der Waals surface area (Å²) in [6.45, 7) is 0. The van der Waals surface area contributed by atoms with Crippen LogP contribution in [0.5, 0.6) is 23.0 Å². The number of nitrogens with one attached hydrogen (secondary N) is 1. The fourth-order valence-corrected chi connectivity index (χ4v) is 20.5. The molecule has 7 heteroatoms. The molecule has 125 heavy (non-hydrogen) atoms. The van der Waals surface area contributed by atoms with E-state index in [1.54, 1.807) is 0 Å². The minimum atomic E-state index is -0.561. The summed E-state index contributed by atoms with van der Waals surface area (Å²) >= 11 is 6.26. The molecule has 1 N–H and O–H groups in total. The highest BCUT2D eigenvalue weighted by molar-refractivity contribution is 6.30. The third kappa shape index (κ3) is 11.9. The molecule has 4 heterocycles. The summed E-state index contributed by atoms with van der Waals surface area (Å²) < 4.78 is 26.0. The van der Waals surface area contributed by atoms with Gasteiger partial charge in [-0.3, -0.25) is 0 Å². The highest BCUT2D eigenvalue weighted by Gasteiger charge is 2.54. The number of halogens is 1. The smallest absolute Gasteiger partial charge is 0.140 e. The molecule has 20 aromatic carbocycles. The van der Waals surface area contributed by atoms with E-state index >= 15 is 0 Å². The van der Waals surface area contributed by atoms with Crippen molar-refractivity contribution in [1.29, 1.82) is 0 Å². The zero-order valence-corrected chi connectivity index (χ0v) is 68.4. The second-order valence-electron chi connectivity index (χ2n) is 32.5. The van der Waals surface area contributed by atoms with Gasteiger partial charge in [-0.1, -0.05) is 351 Å². The monoisotopic (exact) mass is 1620 g/mol. The lowest BCUT2D eigenvalue weighted by atomic mass is 9.65. The summed E-state index contributed by atoms with van der Waals surface area (Å²) in [5, 5.41) is 13.3. The third-order valence-electron chi connectivity index (χ3n) is 25.8. The number of rotatable bonds is 9. The SMILES string of the molecule is Clc1ccc(-c2cccc3c2-c2ccccc2C32c3ccccc3Oc3c2ccc2ccccc32)cc1.c1ccc(-c2ccc(N(c3ccc(-c4cccc5c4-c4ccccc4C54c5ccccc5Oc5c4ccc4ccccc54)cc3)c3ccc4c(c3)oc3ccccc34)cc2)cc1.c1ccc(-c2ccc(Nc3ccc4c(c3)oc3ccccc34)cc2)cc1. The van der Waals surface area contributed by atoms with E-state index < -0.39 is 10.8 Å². The number of hydrogen-bond acceptors (Lipinski definition) is 6. The van der Waals surface area contributed by atoms with Crippen molar-refractivity contribution in [2.24, 2.45) is 0 Å². The van der Waals surface area contributed by atoms with Crippen LogP contribution in [-0.2, 0) is 10.8 Å². The van der Waals surface area contributed by atoms with Crippen molar-refractivity contribution in [2.75, 3.05) is 10.2 Å². The molecule has 0 radical (unpaired) electrons.